The van der Waals surface area contributed by atoms with Crippen molar-refractivity contribution in [1.82, 2.24) is 4.90 Å². The normalized spacial score (nSPS) is 16.5. The topological polar surface area (TPSA) is 66.5 Å². The number of benzene rings is 1. The van der Waals surface area contributed by atoms with Gasteiger partial charge >= 0.3 is 0 Å². The van der Waals surface area contributed by atoms with Crippen LogP contribution >= 0.6 is 0 Å². The molecule has 21 heavy (non-hydrogen) atoms. The minimum Gasteiger partial charge on any atom is -0.324 e. The molecule has 3 amide bonds. The lowest BCUT2D eigenvalue weighted by Gasteiger charge is -2.21. The second-order valence-corrected chi connectivity index (χ2v) is 5.60. The Labute approximate surface area is 124 Å². The summed E-state index contributed by atoms with van der Waals surface area (Å²) in [6.07, 6.45) is 0.388. The molecule has 1 fully saturated rings. The van der Waals surface area contributed by atoms with Gasteiger partial charge in [0, 0.05) is 18.5 Å². The van der Waals surface area contributed by atoms with E-state index >= 15 is 0 Å². The van der Waals surface area contributed by atoms with Crippen molar-refractivity contribution < 1.29 is 14.4 Å². The highest BCUT2D eigenvalue weighted by atomic mass is 16.2. The van der Waals surface area contributed by atoms with Crippen LogP contribution in [-0.2, 0) is 14.4 Å². The Morgan fingerprint density at radius 3 is 2.05 bits per heavy atom. The Morgan fingerprint density at radius 1 is 1.05 bits per heavy atom. The van der Waals surface area contributed by atoms with Crippen LogP contribution in [0.4, 0.5) is 5.69 Å². The molecule has 1 aliphatic heterocycles. The smallest absolute Gasteiger partial charge is 0.247 e. The van der Waals surface area contributed by atoms with E-state index in [0.29, 0.717) is 11.6 Å². The molecule has 1 aromatic rings. The first-order valence-electron chi connectivity index (χ1n) is 7.16. The number of likely N-dealkylation sites (tertiary alicyclic amines) is 1. The van der Waals surface area contributed by atoms with E-state index in [1.165, 1.54) is 5.56 Å². The van der Waals surface area contributed by atoms with Gasteiger partial charge in [0.2, 0.25) is 17.7 Å². The lowest BCUT2D eigenvalue weighted by atomic mass is 10.0. The zero-order valence-corrected chi connectivity index (χ0v) is 12.6. The van der Waals surface area contributed by atoms with E-state index in [1.54, 1.807) is 6.92 Å². The Hall–Kier alpha value is -2.17. The number of carbonyl (C=O) groups excluding carboxylic acids is 3. The zero-order chi connectivity index (χ0) is 15.6. The molecule has 112 valence electrons. The first-order valence-corrected chi connectivity index (χ1v) is 7.16. The minimum absolute atomic E-state index is 0.194. The van der Waals surface area contributed by atoms with Gasteiger partial charge in [0.05, 0.1) is 0 Å². The van der Waals surface area contributed by atoms with Gasteiger partial charge in [0.1, 0.15) is 6.04 Å². The monoisotopic (exact) mass is 288 g/mol. The number of nitrogens with one attached hydrogen (secondary N) is 1. The predicted octanol–water partition coefficient (Wildman–Crippen LogP) is 2.29. The van der Waals surface area contributed by atoms with Crippen molar-refractivity contribution in [1.29, 1.82) is 0 Å². The zero-order valence-electron chi connectivity index (χ0n) is 12.6. The van der Waals surface area contributed by atoms with Crippen LogP contribution in [0.25, 0.3) is 0 Å². The average Bonchev–Trinajstić information content (AvgIpc) is 2.78. The van der Waals surface area contributed by atoms with Crippen LogP contribution in [0.15, 0.2) is 24.3 Å². The Morgan fingerprint density at radius 2 is 1.57 bits per heavy atom. The molecule has 5 nitrogen and oxygen atoms in total. The Balaban J connectivity index is 2.03. The summed E-state index contributed by atoms with van der Waals surface area (Å²) in [5.74, 6) is -0.486. The Bertz CT molecular complexity index is 547. The van der Waals surface area contributed by atoms with E-state index in [0.717, 1.165) is 4.90 Å². The lowest BCUT2D eigenvalue weighted by molar-refractivity contribution is -0.144. The second kappa shape index (κ2) is 6.08. The molecule has 0 spiro atoms. The number of imide groups is 1. The molecule has 0 radical (unpaired) electrons. The molecule has 1 saturated heterocycles. The molecule has 1 heterocycles. The predicted molar refractivity (Wildman–Crippen MR) is 79.7 cm³/mol. The van der Waals surface area contributed by atoms with Crippen LogP contribution < -0.4 is 5.32 Å². The lowest BCUT2D eigenvalue weighted by Crippen LogP contribution is -2.44. The average molecular weight is 288 g/mol. The molecule has 1 aliphatic rings. The van der Waals surface area contributed by atoms with Gasteiger partial charge in [-0.25, -0.2) is 0 Å². The highest BCUT2D eigenvalue weighted by Gasteiger charge is 2.36. The number of hydrogen-bond acceptors (Lipinski definition) is 3. The SMILES string of the molecule is CC(C)c1ccc(NC(=O)[C@H](C)N2C(=O)CCC2=O)cc1. The van der Waals surface area contributed by atoms with Crippen LogP contribution in [0, 0.1) is 0 Å². The van der Waals surface area contributed by atoms with Crippen LogP contribution in [-0.4, -0.2) is 28.7 Å². The van der Waals surface area contributed by atoms with Crippen molar-refractivity contribution in [3.63, 3.8) is 0 Å². The van der Waals surface area contributed by atoms with Gasteiger partial charge in [-0.1, -0.05) is 26.0 Å². The van der Waals surface area contributed by atoms with Gasteiger partial charge < -0.3 is 5.32 Å². The second-order valence-electron chi connectivity index (χ2n) is 5.60. The quantitative estimate of drug-likeness (QED) is 0.864. The molecule has 1 atom stereocenters. The van der Waals surface area contributed by atoms with E-state index in [4.69, 9.17) is 0 Å². The number of rotatable bonds is 4. The fourth-order valence-electron chi connectivity index (χ4n) is 2.34. The number of nitrogens with zero attached hydrogens (tertiary/aromatic N) is 1. The molecular formula is C16H20N2O3. The molecular weight excluding hydrogens is 268 g/mol. The maximum Gasteiger partial charge on any atom is 0.247 e. The number of anilines is 1. The van der Waals surface area contributed by atoms with Gasteiger partial charge in [0.15, 0.2) is 0 Å². The third kappa shape index (κ3) is 3.29. The molecule has 0 saturated carbocycles. The summed E-state index contributed by atoms with van der Waals surface area (Å²) in [5.41, 5.74) is 1.85. The maximum atomic E-state index is 12.2. The van der Waals surface area contributed by atoms with Crippen molar-refractivity contribution in [2.45, 2.75) is 45.6 Å². The van der Waals surface area contributed by atoms with Crippen LogP contribution in [0.5, 0.6) is 0 Å². The van der Waals surface area contributed by atoms with E-state index in [9.17, 15) is 14.4 Å². The molecule has 1 N–H and O–H groups in total. The summed E-state index contributed by atoms with van der Waals surface area (Å²) in [6, 6.07) is 6.78. The maximum absolute atomic E-state index is 12.2. The summed E-state index contributed by atoms with van der Waals surface area (Å²) in [5, 5.41) is 2.74. The number of hydrogen-bond donors (Lipinski definition) is 1. The van der Waals surface area contributed by atoms with Gasteiger partial charge in [-0.3, -0.25) is 19.3 Å². The van der Waals surface area contributed by atoms with Gasteiger partial charge in [-0.05, 0) is 30.5 Å². The first-order chi connectivity index (χ1) is 9.90. The minimum atomic E-state index is -0.780. The molecule has 0 unspecified atom stereocenters. The van der Waals surface area contributed by atoms with Crippen molar-refractivity contribution in [2.75, 3.05) is 5.32 Å². The van der Waals surface area contributed by atoms with Crippen LogP contribution in [0.1, 0.15) is 45.1 Å². The summed E-state index contributed by atoms with van der Waals surface area (Å²) in [7, 11) is 0. The van der Waals surface area contributed by atoms with Crippen molar-refractivity contribution in [3.05, 3.63) is 29.8 Å². The van der Waals surface area contributed by atoms with Crippen molar-refractivity contribution >= 4 is 23.4 Å². The number of carbonyl (C=O) groups is 3. The van der Waals surface area contributed by atoms with Crippen LogP contribution in [0.2, 0.25) is 0 Å². The van der Waals surface area contributed by atoms with E-state index in [-0.39, 0.29) is 30.6 Å². The van der Waals surface area contributed by atoms with Gasteiger partial charge in [-0.2, -0.15) is 0 Å². The summed E-state index contributed by atoms with van der Waals surface area (Å²) >= 11 is 0. The molecule has 0 bridgehead atoms. The molecule has 0 aromatic heterocycles. The third-order valence-electron chi connectivity index (χ3n) is 3.70. The van der Waals surface area contributed by atoms with Crippen molar-refractivity contribution in [3.8, 4) is 0 Å². The molecule has 1 aromatic carbocycles. The van der Waals surface area contributed by atoms with Gasteiger partial charge in [0.25, 0.3) is 0 Å². The largest absolute Gasteiger partial charge is 0.324 e. The fourth-order valence-corrected chi connectivity index (χ4v) is 2.34. The van der Waals surface area contributed by atoms with E-state index in [2.05, 4.69) is 19.2 Å². The standard InChI is InChI=1S/C16H20N2O3/c1-10(2)12-4-6-13(7-5-12)17-16(21)11(3)18-14(19)8-9-15(18)20/h4-7,10-11H,8-9H2,1-3H3,(H,17,21)/t11-/m0/s1. The summed E-state index contributed by atoms with van der Waals surface area (Å²) < 4.78 is 0. The third-order valence-corrected chi connectivity index (χ3v) is 3.70. The summed E-state index contributed by atoms with van der Waals surface area (Å²) in [4.78, 5) is 36.5. The molecule has 5 heteroatoms. The highest BCUT2D eigenvalue weighted by molar-refractivity contribution is 6.07. The van der Waals surface area contributed by atoms with Crippen LogP contribution in [0.3, 0.4) is 0 Å². The first kappa shape index (κ1) is 15.2. The van der Waals surface area contributed by atoms with Gasteiger partial charge in [-0.15, -0.1) is 0 Å². The Kier molecular flexibility index (Phi) is 4.40. The highest BCUT2D eigenvalue weighted by Crippen LogP contribution is 2.19. The molecule has 2 rings (SSSR count). The molecule has 0 aliphatic carbocycles. The fraction of sp³-hybridized carbons (Fsp3) is 0.438. The van der Waals surface area contributed by atoms with E-state index in [1.807, 2.05) is 24.3 Å². The van der Waals surface area contributed by atoms with Crippen molar-refractivity contribution in [2.24, 2.45) is 0 Å². The number of amides is 3. The summed E-state index contributed by atoms with van der Waals surface area (Å²) in [6.45, 7) is 5.76. The van der Waals surface area contributed by atoms with E-state index < -0.39 is 6.04 Å².